The highest BCUT2D eigenvalue weighted by molar-refractivity contribution is 9.10. The van der Waals surface area contributed by atoms with Gasteiger partial charge in [0.1, 0.15) is 5.75 Å². The summed E-state index contributed by atoms with van der Waals surface area (Å²) in [4.78, 5) is 13.4. The topological polar surface area (TPSA) is 46.5 Å². The minimum absolute atomic E-state index is 0.244. The number of fused-ring (bicyclic) bond motifs is 1. The first-order chi connectivity index (χ1) is 12.1. The van der Waals surface area contributed by atoms with Crippen LogP contribution in [0.5, 0.6) is 5.75 Å². The second kappa shape index (κ2) is 5.83. The van der Waals surface area contributed by atoms with Crippen LogP contribution >= 0.6 is 15.9 Å². The molecule has 0 saturated heterocycles. The van der Waals surface area contributed by atoms with E-state index >= 15 is 0 Å². The second-order valence-corrected chi connectivity index (χ2v) is 7.15. The number of rotatable bonds is 2. The van der Waals surface area contributed by atoms with E-state index in [2.05, 4.69) is 15.9 Å². The largest absolute Gasteiger partial charge is 0.455 e. The lowest BCUT2D eigenvalue weighted by Crippen LogP contribution is -2.57. The fraction of sp³-hybridized carbons (Fsp3) is 0.0952. The lowest BCUT2D eigenvalue weighted by Gasteiger charge is -2.45. The van der Waals surface area contributed by atoms with E-state index in [0.717, 1.165) is 0 Å². The fourth-order valence-corrected chi connectivity index (χ4v) is 4.02. The number of aliphatic hydroxyl groups is 1. The molecule has 3 nitrogen and oxygen atoms in total. The number of ether oxygens (including phenoxy) is 1. The molecular weight excluding hydrogens is 380 g/mol. The van der Waals surface area contributed by atoms with Crippen molar-refractivity contribution in [2.45, 2.75) is 10.1 Å². The Kier molecular flexibility index (Phi) is 3.74. The van der Waals surface area contributed by atoms with Gasteiger partial charge in [0.05, 0.1) is 5.56 Å². The van der Waals surface area contributed by atoms with Crippen LogP contribution in [0, 0.1) is 0 Å². The van der Waals surface area contributed by atoms with Crippen molar-refractivity contribution < 1.29 is 14.6 Å². The third-order valence-corrected chi connectivity index (χ3v) is 5.86. The third-order valence-electron chi connectivity index (χ3n) is 4.51. The molecule has 1 heterocycles. The number of halogens is 1. The first-order valence-corrected chi connectivity index (χ1v) is 8.72. The van der Waals surface area contributed by atoms with Crippen molar-refractivity contribution in [3.05, 3.63) is 102 Å². The normalized spacial score (nSPS) is 25.1. The lowest BCUT2D eigenvalue weighted by molar-refractivity contribution is -0.168. The Hall–Kier alpha value is -2.43. The summed E-state index contributed by atoms with van der Waals surface area (Å²) in [6, 6.07) is 25.1. The number of Topliss-reactive ketones (excluding diaryl/α,β-unsaturated/α-hetero) is 1. The van der Waals surface area contributed by atoms with E-state index in [1.807, 2.05) is 24.3 Å². The molecule has 1 aliphatic heterocycles. The van der Waals surface area contributed by atoms with Crippen molar-refractivity contribution in [3.8, 4) is 5.75 Å². The Morgan fingerprint density at radius 1 is 0.760 bits per heavy atom. The van der Waals surface area contributed by atoms with E-state index in [1.165, 1.54) is 0 Å². The van der Waals surface area contributed by atoms with Crippen molar-refractivity contribution in [2.75, 3.05) is 0 Å². The Morgan fingerprint density at radius 2 is 1.28 bits per heavy atom. The molecule has 25 heavy (non-hydrogen) atoms. The molecule has 0 fully saturated rings. The maximum absolute atomic E-state index is 13.4. The molecule has 0 spiro atoms. The van der Waals surface area contributed by atoms with E-state index < -0.39 is 10.1 Å². The molecule has 1 N–H and O–H groups in total. The highest BCUT2D eigenvalue weighted by atomic mass is 79.9. The molecule has 0 aromatic heterocycles. The number of ketones is 1. The van der Waals surface area contributed by atoms with Gasteiger partial charge in [0.2, 0.25) is 0 Å². The van der Waals surface area contributed by atoms with Gasteiger partial charge in [-0.2, -0.15) is 0 Å². The summed E-state index contributed by atoms with van der Waals surface area (Å²) in [6.07, 6.45) is 0. The van der Waals surface area contributed by atoms with Gasteiger partial charge < -0.3 is 9.84 Å². The Balaban J connectivity index is 2.02. The van der Waals surface area contributed by atoms with Gasteiger partial charge in [-0.3, -0.25) is 4.79 Å². The van der Waals surface area contributed by atoms with E-state index in [-0.39, 0.29) is 5.78 Å². The number of hydrogen-bond acceptors (Lipinski definition) is 3. The SMILES string of the molecule is O=C1c2ccccc2OC(O)(c2ccccc2)C1(Br)c1ccccc1. The monoisotopic (exact) mass is 394 g/mol. The first-order valence-electron chi connectivity index (χ1n) is 7.92. The molecule has 124 valence electrons. The molecule has 0 amide bonds. The maximum atomic E-state index is 13.4. The molecular formula is C21H15BrO3. The zero-order valence-corrected chi connectivity index (χ0v) is 14.8. The minimum atomic E-state index is -1.89. The first kappa shape index (κ1) is 16.1. The second-order valence-electron chi connectivity index (χ2n) is 5.96. The summed E-state index contributed by atoms with van der Waals surface area (Å²) in [5, 5.41) is 11.6. The van der Waals surface area contributed by atoms with Gasteiger partial charge in [0.25, 0.3) is 5.79 Å². The van der Waals surface area contributed by atoms with Crippen molar-refractivity contribution in [1.82, 2.24) is 0 Å². The van der Waals surface area contributed by atoms with Crippen LogP contribution in [0.2, 0.25) is 0 Å². The zero-order valence-electron chi connectivity index (χ0n) is 13.2. The highest BCUT2D eigenvalue weighted by Crippen LogP contribution is 2.54. The molecule has 0 aliphatic carbocycles. The van der Waals surface area contributed by atoms with Gasteiger partial charge in [-0.1, -0.05) is 88.7 Å². The molecule has 0 radical (unpaired) electrons. The van der Waals surface area contributed by atoms with Crippen LogP contribution in [0.15, 0.2) is 84.9 Å². The van der Waals surface area contributed by atoms with Crippen LogP contribution in [0.3, 0.4) is 0 Å². The summed E-state index contributed by atoms with van der Waals surface area (Å²) < 4.78 is 4.57. The van der Waals surface area contributed by atoms with Crippen molar-refractivity contribution in [1.29, 1.82) is 0 Å². The summed E-state index contributed by atoms with van der Waals surface area (Å²) in [5.74, 6) is -1.77. The van der Waals surface area contributed by atoms with Gasteiger partial charge in [0.15, 0.2) is 10.1 Å². The quantitative estimate of drug-likeness (QED) is 0.655. The molecule has 3 aromatic rings. The predicted molar refractivity (Wildman–Crippen MR) is 98.8 cm³/mol. The molecule has 4 rings (SSSR count). The standard InChI is InChI=1S/C21H15BrO3/c22-20(15-9-3-1-4-10-15)19(23)17-13-7-8-14-18(17)25-21(20,24)16-11-5-2-6-12-16/h1-14,24H. The average Bonchev–Trinajstić information content (AvgIpc) is 2.67. The summed E-state index contributed by atoms with van der Waals surface area (Å²) in [7, 11) is 0. The molecule has 0 bridgehead atoms. The van der Waals surface area contributed by atoms with Crippen LogP contribution in [0.4, 0.5) is 0 Å². The average molecular weight is 395 g/mol. The van der Waals surface area contributed by atoms with Crippen LogP contribution < -0.4 is 4.74 Å². The number of alkyl halides is 1. The fourth-order valence-electron chi connectivity index (χ4n) is 3.23. The smallest absolute Gasteiger partial charge is 0.262 e. The molecule has 2 unspecified atom stereocenters. The highest BCUT2D eigenvalue weighted by Gasteiger charge is 2.62. The molecule has 3 aromatic carbocycles. The molecule has 4 heteroatoms. The maximum Gasteiger partial charge on any atom is 0.262 e. The van der Waals surface area contributed by atoms with Crippen molar-refractivity contribution >= 4 is 21.7 Å². The number of benzene rings is 3. The van der Waals surface area contributed by atoms with Crippen LogP contribution in [-0.2, 0) is 10.1 Å². The van der Waals surface area contributed by atoms with Gasteiger partial charge in [-0.15, -0.1) is 0 Å². The Bertz CT molecular complexity index is 926. The van der Waals surface area contributed by atoms with Gasteiger partial charge >= 0.3 is 0 Å². The van der Waals surface area contributed by atoms with Crippen molar-refractivity contribution in [2.24, 2.45) is 0 Å². The van der Waals surface area contributed by atoms with E-state index in [0.29, 0.717) is 22.4 Å². The molecule has 2 atom stereocenters. The number of carbonyl (C=O) groups is 1. The van der Waals surface area contributed by atoms with Crippen LogP contribution in [-0.4, -0.2) is 10.9 Å². The van der Waals surface area contributed by atoms with Crippen LogP contribution in [0.25, 0.3) is 0 Å². The summed E-state index contributed by atoms with van der Waals surface area (Å²) in [6.45, 7) is 0. The summed E-state index contributed by atoms with van der Waals surface area (Å²) in [5.41, 5.74) is 1.56. The van der Waals surface area contributed by atoms with E-state index in [1.54, 1.807) is 60.7 Å². The number of hydrogen-bond donors (Lipinski definition) is 1. The minimum Gasteiger partial charge on any atom is -0.455 e. The Labute approximate surface area is 154 Å². The van der Waals surface area contributed by atoms with Gasteiger partial charge in [-0.05, 0) is 17.7 Å². The lowest BCUT2D eigenvalue weighted by atomic mass is 9.78. The number of carbonyl (C=O) groups excluding carboxylic acids is 1. The van der Waals surface area contributed by atoms with E-state index in [4.69, 9.17) is 4.74 Å². The van der Waals surface area contributed by atoms with Gasteiger partial charge in [-0.25, -0.2) is 0 Å². The third kappa shape index (κ3) is 2.25. The van der Waals surface area contributed by atoms with E-state index in [9.17, 15) is 9.90 Å². The van der Waals surface area contributed by atoms with Gasteiger partial charge in [0, 0.05) is 5.56 Å². The van der Waals surface area contributed by atoms with Crippen molar-refractivity contribution in [3.63, 3.8) is 0 Å². The zero-order chi connectivity index (χ0) is 17.5. The summed E-state index contributed by atoms with van der Waals surface area (Å²) >= 11 is 3.57. The molecule has 0 saturated carbocycles. The number of para-hydroxylation sites is 1. The predicted octanol–water partition coefficient (Wildman–Crippen LogP) is 4.40. The molecule has 1 aliphatic rings. The Morgan fingerprint density at radius 3 is 1.92 bits per heavy atom. The van der Waals surface area contributed by atoms with Crippen LogP contribution in [0.1, 0.15) is 21.5 Å².